The van der Waals surface area contributed by atoms with Gasteiger partial charge < -0.3 is 4.74 Å². The Bertz CT molecular complexity index is 1300. The number of rotatable bonds is 4. The van der Waals surface area contributed by atoms with Crippen molar-refractivity contribution in [3.63, 3.8) is 0 Å². The Morgan fingerprint density at radius 2 is 1.86 bits per heavy atom. The Hall–Kier alpha value is -4.20. The van der Waals surface area contributed by atoms with Crippen LogP contribution >= 0.6 is 0 Å². The number of hydrogen-bond acceptors (Lipinski definition) is 6. The van der Waals surface area contributed by atoms with Crippen molar-refractivity contribution in [3.8, 4) is 41.0 Å². The smallest absolute Gasteiger partial charge is 0.352 e. The number of aromatic amines is 1. The molecule has 0 bridgehead atoms. The number of aromatic nitrogens is 6. The summed E-state index contributed by atoms with van der Waals surface area (Å²) in [4.78, 5) is 26.9. The molecule has 144 valence electrons. The molecular formula is C18H9F3N6O2. The second-order valence-electron chi connectivity index (χ2n) is 5.63. The first-order valence-electron chi connectivity index (χ1n) is 8.01. The Kier molecular flexibility index (Phi) is 4.44. The summed E-state index contributed by atoms with van der Waals surface area (Å²) in [5.41, 5.74) is -0.990. The number of hydrogen-bond donors (Lipinski definition) is 1. The molecule has 0 amide bonds. The van der Waals surface area contributed by atoms with Crippen molar-refractivity contribution in [1.82, 2.24) is 29.5 Å². The van der Waals surface area contributed by atoms with E-state index in [0.717, 1.165) is 16.6 Å². The molecule has 1 N–H and O–H groups in total. The summed E-state index contributed by atoms with van der Waals surface area (Å²) in [6.07, 6.45) is 7.96. The Balaban J connectivity index is 2.07. The van der Waals surface area contributed by atoms with Gasteiger partial charge in [-0.25, -0.2) is 27.9 Å². The maximum absolute atomic E-state index is 13.9. The third kappa shape index (κ3) is 3.16. The van der Waals surface area contributed by atoms with E-state index >= 15 is 0 Å². The molecule has 4 rings (SSSR count). The lowest BCUT2D eigenvalue weighted by Gasteiger charge is -2.05. The summed E-state index contributed by atoms with van der Waals surface area (Å²) >= 11 is 0. The van der Waals surface area contributed by atoms with Crippen molar-refractivity contribution in [1.29, 1.82) is 0 Å². The SMILES string of the molecule is C#CCOc1nc2c(-c3cc(F)c(F)c(F)c3)c(-c3ncccn3)nn2c(=O)[nH]1. The lowest BCUT2D eigenvalue weighted by Crippen LogP contribution is -2.20. The van der Waals surface area contributed by atoms with Gasteiger partial charge in [0.15, 0.2) is 35.5 Å². The van der Waals surface area contributed by atoms with E-state index in [2.05, 4.69) is 31.0 Å². The van der Waals surface area contributed by atoms with Crippen LogP contribution in [-0.4, -0.2) is 36.2 Å². The summed E-state index contributed by atoms with van der Waals surface area (Å²) < 4.78 is 47.2. The molecule has 0 aliphatic heterocycles. The van der Waals surface area contributed by atoms with Crippen LogP contribution in [0.1, 0.15) is 0 Å². The lowest BCUT2D eigenvalue weighted by atomic mass is 10.0. The van der Waals surface area contributed by atoms with Crippen molar-refractivity contribution in [2.75, 3.05) is 6.61 Å². The van der Waals surface area contributed by atoms with Crippen LogP contribution in [0.2, 0.25) is 0 Å². The van der Waals surface area contributed by atoms with Gasteiger partial charge in [0.05, 0.1) is 5.56 Å². The monoisotopic (exact) mass is 398 g/mol. The maximum atomic E-state index is 13.9. The normalized spacial score (nSPS) is 10.8. The zero-order valence-corrected chi connectivity index (χ0v) is 14.4. The Labute approximate surface area is 160 Å². The first kappa shape index (κ1) is 18.2. The minimum Gasteiger partial charge on any atom is -0.451 e. The van der Waals surface area contributed by atoms with E-state index < -0.39 is 23.1 Å². The fourth-order valence-electron chi connectivity index (χ4n) is 2.64. The number of nitrogens with one attached hydrogen (secondary N) is 1. The number of benzene rings is 1. The van der Waals surface area contributed by atoms with E-state index in [1.807, 2.05) is 0 Å². The topological polar surface area (TPSA) is 98.1 Å². The predicted octanol–water partition coefficient (Wildman–Crippen LogP) is 1.97. The molecule has 0 saturated carbocycles. The van der Waals surface area contributed by atoms with Gasteiger partial charge in [-0.15, -0.1) is 6.42 Å². The number of fused-ring (bicyclic) bond motifs is 1. The van der Waals surface area contributed by atoms with Crippen LogP contribution < -0.4 is 10.4 Å². The standard InChI is InChI=1S/C18H9F3N6O2/c1-2-6-29-17-24-16-12(9-7-10(19)13(21)11(20)8-9)14(15-22-4-3-5-23-15)26-27(16)18(28)25-17/h1,3-5,7-8H,6H2,(H,24,25,28). The molecule has 0 saturated heterocycles. The van der Waals surface area contributed by atoms with Gasteiger partial charge in [0, 0.05) is 12.4 Å². The highest BCUT2D eigenvalue weighted by molar-refractivity contribution is 5.88. The van der Waals surface area contributed by atoms with E-state index in [4.69, 9.17) is 11.2 Å². The summed E-state index contributed by atoms with van der Waals surface area (Å²) in [7, 11) is 0. The molecule has 29 heavy (non-hydrogen) atoms. The molecule has 8 nitrogen and oxygen atoms in total. The first-order valence-corrected chi connectivity index (χ1v) is 8.01. The van der Waals surface area contributed by atoms with Gasteiger partial charge >= 0.3 is 11.7 Å². The largest absolute Gasteiger partial charge is 0.451 e. The van der Waals surface area contributed by atoms with Gasteiger partial charge in [0.1, 0.15) is 5.69 Å². The first-order chi connectivity index (χ1) is 14.0. The fraction of sp³-hybridized carbons (Fsp3) is 0.0556. The van der Waals surface area contributed by atoms with Gasteiger partial charge in [0.25, 0.3) is 0 Å². The van der Waals surface area contributed by atoms with Gasteiger partial charge in [-0.05, 0) is 23.8 Å². The summed E-state index contributed by atoms with van der Waals surface area (Å²) in [6.45, 7) is -0.183. The Morgan fingerprint density at radius 1 is 1.17 bits per heavy atom. The van der Waals surface area contributed by atoms with Crippen molar-refractivity contribution in [2.24, 2.45) is 0 Å². The van der Waals surface area contributed by atoms with Crippen LogP contribution in [-0.2, 0) is 0 Å². The van der Waals surface area contributed by atoms with Gasteiger partial charge in [-0.1, -0.05) is 5.92 Å². The van der Waals surface area contributed by atoms with Crippen molar-refractivity contribution in [2.45, 2.75) is 0 Å². The number of halogens is 3. The molecule has 0 radical (unpaired) electrons. The fourth-order valence-corrected chi connectivity index (χ4v) is 2.64. The number of terminal acetylenes is 1. The highest BCUT2D eigenvalue weighted by Gasteiger charge is 2.24. The van der Waals surface area contributed by atoms with Crippen LogP contribution in [0, 0.1) is 29.8 Å². The molecule has 3 aromatic heterocycles. The minimum atomic E-state index is -1.63. The summed E-state index contributed by atoms with van der Waals surface area (Å²) in [6, 6.07) is 2.83. The van der Waals surface area contributed by atoms with E-state index in [-0.39, 0.29) is 40.9 Å². The van der Waals surface area contributed by atoms with Crippen LogP contribution in [0.5, 0.6) is 6.01 Å². The van der Waals surface area contributed by atoms with Crippen LogP contribution in [0.3, 0.4) is 0 Å². The number of ether oxygens (including phenoxy) is 1. The van der Waals surface area contributed by atoms with E-state index in [1.54, 1.807) is 6.07 Å². The molecule has 0 unspecified atom stereocenters. The van der Waals surface area contributed by atoms with Gasteiger partial charge in [0.2, 0.25) is 0 Å². The third-order valence-electron chi connectivity index (χ3n) is 3.82. The number of H-pyrrole nitrogens is 1. The molecule has 0 atom stereocenters. The molecule has 1 aromatic carbocycles. The van der Waals surface area contributed by atoms with Crippen LogP contribution in [0.4, 0.5) is 13.2 Å². The lowest BCUT2D eigenvalue weighted by molar-refractivity contribution is 0.337. The average Bonchev–Trinajstić information content (AvgIpc) is 3.11. The van der Waals surface area contributed by atoms with Crippen molar-refractivity contribution in [3.05, 3.63) is 58.5 Å². The highest BCUT2D eigenvalue weighted by atomic mass is 19.2. The van der Waals surface area contributed by atoms with Crippen LogP contribution in [0.25, 0.3) is 28.3 Å². The number of nitrogens with zero attached hydrogens (tertiary/aromatic N) is 5. The second-order valence-corrected chi connectivity index (χ2v) is 5.63. The highest BCUT2D eigenvalue weighted by Crippen LogP contribution is 2.34. The molecule has 0 aliphatic carbocycles. The average molecular weight is 398 g/mol. The van der Waals surface area contributed by atoms with Crippen molar-refractivity contribution >= 4 is 5.65 Å². The van der Waals surface area contributed by atoms with E-state index in [0.29, 0.717) is 0 Å². The molecule has 4 aromatic rings. The van der Waals surface area contributed by atoms with Gasteiger partial charge in [-0.2, -0.15) is 14.6 Å². The molecule has 3 heterocycles. The third-order valence-corrected chi connectivity index (χ3v) is 3.82. The second kappa shape index (κ2) is 7.08. The molecule has 11 heteroatoms. The predicted molar refractivity (Wildman–Crippen MR) is 94.3 cm³/mol. The van der Waals surface area contributed by atoms with E-state index in [9.17, 15) is 18.0 Å². The minimum absolute atomic E-state index is 0.00288. The molecule has 0 fully saturated rings. The summed E-state index contributed by atoms with van der Waals surface area (Å²) in [5.74, 6) is -2.21. The van der Waals surface area contributed by atoms with E-state index in [1.165, 1.54) is 12.4 Å². The zero-order chi connectivity index (χ0) is 20.5. The summed E-state index contributed by atoms with van der Waals surface area (Å²) in [5, 5.41) is 4.11. The zero-order valence-electron chi connectivity index (χ0n) is 14.4. The Morgan fingerprint density at radius 3 is 2.52 bits per heavy atom. The maximum Gasteiger partial charge on any atom is 0.352 e. The quantitative estimate of drug-likeness (QED) is 0.417. The van der Waals surface area contributed by atoms with Crippen molar-refractivity contribution < 1.29 is 17.9 Å². The van der Waals surface area contributed by atoms with Gasteiger partial charge in [-0.3, -0.25) is 4.98 Å². The molecule has 0 spiro atoms. The molecular weight excluding hydrogens is 389 g/mol. The van der Waals surface area contributed by atoms with Crippen LogP contribution in [0.15, 0.2) is 35.4 Å². The molecule has 0 aliphatic rings.